The van der Waals surface area contributed by atoms with Gasteiger partial charge in [-0.05, 0) is 25.7 Å². The van der Waals surface area contributed by atoms with Gasteiger partial charge in [-0.15, -0.1) is 0 Å². The van der Waals surface area contributed by atoms with E-state index in [0.29, 0.717) is 13.0 Å². The molecule has 0 aromatic carbocycles. The number of unbranched alkanes of at least 4 members (excludes halogenated alkanes) is 7. The molecule has 0 fully saturated rings. The van der Waals surface area contributed by atoms with Gasteiger partial charge in [0, 0.05) is 13.0 Å². The normalized spacial score (nSPS) is 13.0. The molecule has 0 aliphatic heterocycles. The first kappa shape index (κ1) is 22.9. The summed E-state index contributed by atoms with van der Waals surface area (Å²) >= 11 is 0. The van der Waals surface area contributed by atoms with Gasteiger partial charge >= 0.3 is 0 Å². The molecule has 0 aromatic rings. The second-order valence-corrected chi connectivity index (χ2v) is 6.26. The summed E-state index contributed by atoms with van der Waals surface area (Å²) in [6, 6.07) is 0. The molecule has 24 heavy (non-hydrogen) atoms. The van der Waals surface area contributed by atoms with E-state index in [2.05, 4.69) is 18.3 Å². The first-order chi connectivity index (χ1) is 11.7. The maximum absolute atomic E-state index is 11.3. The number of amides is 1. The molecule has 0 aromatic heterocycles. The van der Waals surface area contributed by atoms with Crippen LogP contribution in [0.3, 0.4) is 0 Å². The van der Waals surface area contributed by atoms with Crippen molar-refractivity contribution in [1.29, 1.82) is 0 Å². The minimum absolute atomic E-state index is 0.00621. The van der Waals surface area contributed by atoms with Gasteiger partial charge in [0.1, 0.15) is 0 Å². The van der Waals surface area contributed by atoms with Crippen LogP contribution in [0.1, 0.15) is 77.6 Å². The van der Waals surface area contributed by atoms with E-state index in [1.165, 1.54) is 25.7 Å². The summed E-state index contributed by atoms with van der Waals surface area (Å²) in [4.78, 5) is 11.3. The Labute approximate surface area is 148 Å². The van der Waals surface area contributed by atoms with Gasteiger partial charge in [0.05, 0.1) is 12.7 Å². The van der Waals surface area contributed by atoms with Crippen molar-refractivity contribution in [2.45, 2.75) is 83.7 Å². The highest BCUT2D eigenvalue weighted by atomic mass is 16.3. The van der Waals surface area contributed by atoms with E-state index < -0.39 is 0 Å². The second-order valence-electron chi connectivity index (χ2n) is 6.26. The lowest BCUT2D eigenvalue weighted by Gasteiger charge is -2.03. The number of carbonyl (C=O) groups excluding carboxylic acids is 1. The number of aliphatic hydroxyl groups is 2. The van der Waals surface area contributed by atoms with Crippen LogP contribution in [0.4, 0.5) is 0 Å². The number of nitrogens with one attached hydrogen (secondary N) is 1. The Morgan fingerprint density at radius 1 is 1.04 bits per heavy atom. The minimum Gasteiger partial charge on any atom is -0.395 e. The van der Waals surface area contributed by atoms with Gasteiger partial charge in [0.15, 0.2) is 0 Å². The van der Waals surface area contributed by atoms with Crippen LogP contribution in [0, 0.1) is 0 Å². The van der Waals surface area contributed by atoms with Gasteiger partial charge in [0.2, 0.25) is 5.91 Å². The molecule has 0 bridgehead atoms. The molecule has 0 rings (SSSR count). The van der Waals surface area contributed by atoms with Crippen LogP contribution in [-0.4, -0.2) is 35.4 Å². The van der Waals surface area contributed by atoms with E-state index in [1.54, 1.807) is 0 Å². The summed E-state index contributed by atoms with van der Waals surface area (Å²) in [6.07, 6.45) is 19.1. The monoisotopic (exact) mass is 339 g/mol. The van der Waals surface area contributed by atoms with Crippen molar-refractivity contribution < 1.29 is 15.0 Å². The Hall–Kier alpha value is -1.13. The molecule has 140 valence electrons. The van der Waals surface area contributed by atoms with Crippen molar-refractivity contribution in [1.82, 2.24) is 5.32 Å². The van der Waals surface area contributed by atoms with E-state index >= 15 is 0 Å². The SMILES string of the molecule is CCCCC[C@H](O)/C=C/C=C\CCCCCCCC(=O)NCCO. The van der Waals surface area contributed by atoms with Crippen LogP contribution in [0.2, 0.25) is 0 Å². The lowest BCUT2D eigenvalue weighted by Crippen LogP contribution is -2.25. The predicted molar refractivity (Wildman–Crippen MR) is 101 cm³/mol. The Kier molecular flexibility index (Phi) is 17.4. The maximum Gasteiger partial charge on any atom is 0.220 e. The largest absolute Gasteiger partial charge is 0.395 e. The first-order valence-electron chi connectivity index (χ1n) is 9.59. The Morgan fingerprint density at radius 2 is 1.79 bits per heavy atom. The molecule has 0 heterocycles. The van der Waals surface area contributed by atoms with Crippen molar-refractivity contribution >= 4 is 5.91 Å². The van der Waals surface area contributed by atoms with E-state index in [1.807, 2.05) is 18.2 Å². The van der Waals surface area contributed by atoms with Crippen LogP contribution in [0.25, 0.3) is 0 Å². The molecular formula is C20H37NO3. The number of aliphatic hydroxyl groups excluding tert-OH is 2. The number of hydrogen-bond acceptors (Lipinski definition) is 3. The van der Waals surface area contributed by atoms with Crippen molar-refractivity contribution in [3.63, 3.8) is 0 Å². The zero-order chi connectivity index (χ0) is 17.9. The Bertz CT molecular complexity index is 340. The molecule has 0 aliphatic carbocycles. The molecule has 0 spiro atoms. The quantitative estimate of drug-likeness (QED) is 0.295. The average molecular weight is 340 g/mol. The highest BCUT2D eigenvalue weighted by Crippen LogP contribution is 2.08. The molecule has 0 saturated carbocycles. The van der Waals surface area contributed by atoms with Crippen LogP contribution >= 0.6 is 0 Å². The lowest BCUT2D eigenvalue weighted by atomic mass is 10.1. The molecular weight excluding hydrogens is 302 g/mol. The minimum atomic E-state index is -0.309. The third-order valence-corrected chi connectivity index (χ3v) is 3.89. The van der Waals surface area contributed by atoms with Crippen LogP contribution in [0.5, 0.6) is 0 Å². The predicted octanol–water partition coefficient (Wildman–Crippen LogP) is 3.88. The van der Waals surface area contributed by atoms with Crippen molar-refractivity contribution in [3.8, 4) is 0 Å². The van der Waals surface area contributed by atoms with Crippen molar-refractivity contribution in [2.24, 2.45) is 0 Å². The van der Waals surface area contributed by atoms with Gasteiger partial charge in [-0.2, -0.15) is 0 Å². The van der Waals surface area contributed by atoms with Crippen molar-refractivity contribution in [2.75, 3.05) is 13.2 Å². The summed E-state index contributed by atoms with van der Waals surface area (Å²) in [6.45, 7) is 2.53. The van der Waals surface area contributed by atoms with E-state index in [-0.39, 0.29) is 18.6 Å². The number of carbonyl (C=O) groups is 1. The van der Waals surface area contributed by atoms with Crippen LogP contribution in [-0.2, 0) is 4.79 Å². The zero-order valence-corrected chi connectivity index (χ0v) is 15.4. The smallest absolute Gasteiger partial charge is 0.220 e. The number of hydrogen-bond donors (Lipinski definition) is 3. The third kappa shape index (κ3) is 17.2. The molecule has 4 heteroatoms. The average Bonchev–Trinajstić information content (AvgIpc) is 2.58. The van der Waals surface area contributed by atoms with E-state index in [4.69, 9.17) is 5.11 Å². The third-order valence-electron chi connectivity index (χ3n) is 3.89. The number of rotatable bonds is 16. The molecule has 0 radical (unpaired) electrons. The molecule has 1 atom stereocenters. The summed E-state index contributed by atoms with van der Waals surface area (Å²) in [5, 5.41) is 21.0. The summed E-state index contributed by atoms with van der Waals surface area (Å²) in [5.74, 6) is 0.0376. The van der Waals surface area contributed by atoms with Gasteiger partial charge < -0.3 is 15.5 Å². The maximum atomic E-state index is 11.3. The molecule has 0 aliphatic rings. The molecule has 0 saturated heterocycles. The van der Waals surface area contributed by atoms with E-state index in [9.17, 15) is 9.90 Å². The first-order valence-corrected chi connectivity index (χ1v) is 9.59. The summed E-state index contributed by atoms with van der Waals surface area (Å²) in [7, 11) is 0. The molecule has 4 nitrogen and oxygen atoms in total. The van der Waals surface area contributed by atoms with Gasteiger partial charge in [0.25, 0.3) is 0 Å². The summed E-state index contributed by atoms with van der Waals surface area (Å²) < 4.78 is 0. The molecule has 0 unspecified atom stereocenters. The van der Waals surface area contributed by atoms with Gasteiger partial charge in [-0.3, -0.25) is 4.79 Å². The summed E-state index contributed by atoms with van der Waals surface area (Å²) in [5.41, 5.74) is 0. The fraction of sp³-hybridized carbons (Fsp3) is 0.750. The standard InChI is InChI=1S/C20H37NO3/c1-2-3-11-14-19(23)15-12-9-7-5-4-6-8-10-13-16-20(24)21-17-18-22/h7,9,12,15,19,22-23H,2-6,8,10-11,13-14,16-18H2,1H3,(H,21,24)/b9-7-,15-12+/t19-/m0/s1. The van der Waals surface area contributed by atoms with Crippen molar-refractivity contribution in [3.05, 3.63) is 24.3 Å². The van der Waals surface area contributed by atoms with Gasteiger partial charge in [-0.25, -0.2) is 0 Å². The molecule has 1 amide bonds. The zero-order valence-electron chi connectivity index (χ0n) is 15.4. The fourth-order valence-corrected chi connectivity index (χ4v) is 2.43. The highest BCUT2D eigenvalue weighted by Gasteiger charge is 1.99. The molecule has 3 N–H and O–H groups in total. The Morgan fingerprint density at radius 3 is 2.54 bits per heavy atom. The lowest BCUT2D eigenvalue weighted by molar-refractivity contribution is -0.121. The topological polar surface area (TPSA) is 69.6 Å². The van der Waals surface area contributed by atoms with Crippen LogP contribution in [0.15, 0.2) is 24.3 Å². The fourth-order valence-electron chi connectivity index (χ4n) is 2.43. The van der Waals surface area contributed by atoms with Crippen LogP contribution < -0.4 is 5.32 Å². The Balaban J connectivity index is 3.38. The highest BCUT2D eigenvalue weighted by molar-refractivity contribution is 5.75. The second kappa shape index (κ2) is 18.2. The van der Waals surface area contributed by atoms with E-state index in [0.717, 1.165) is 38.5 Å². The van der Waals surface area contributed by atoms with Gasteiger partial charge in [-0.1, -0.05) is 69.8 Å². The number of allylic oxidation sites excluding steroid dienone is 3.